The molecular formula is C19H22F2IN3O3. The van der Waals surface area contributed by atoms with Gasteiger partial charge in [0.15, 0.2) is 5.96 Å². The van der Waals surface area contributed by atoms with Crippen LogP contribution in [0.15, 0.2) is 41.4 Å². The van der Waals surface area contributed by atoms with Crippen LogP contribution in [0.1, 0.15) is 21.5 Å². The minimum absolute atomic E-state index is 0. The summed E-state index contributed by atoms with van der Waals surface area (Å²) in [5.74, 6) is -0.705. The summed E-state index contributed by atoms with van der Waals surface area (Å²) in [7, 11) is 4.33. The van der Waals surface area contributed by atoms with Gasteiger partial charge < -0.3 is 20.1 Å². The number of aliphatic imine (C=N–C) groups is 1. The Kier molecular flexibility index (Phi) is 9.63. The first-order valence-corrected chi connectivity index (χ1v) is 8.12. The standard InChI is InChI=1S/C19H21F2N3O3.HI/c1-22-19(24-11-13-9-14(20)5-6-16(13)21)23-10-12-4-7-17(26-2)15(8-12)18(25)27-3;/h4-9H,10-11H2,1-3H3,(H2,22,23,24);1H. The molecule has 2 rings (SSSR count). The first-order chi connectivity index (χ1) is 13.0. The fourth-order valence-electron chi connectivity index (χ4n) is 2.40. The van der Waals surface area contributed by atoms with Crippen molar-refractivity contribution in [2.45, 2.75) is 13.1 Å². The molecule has 2 aromatic carbocycles. The van der Waals surface area contributed by atoms with Crippen LogP contribution in [0.5, 0.6) is 5.75 Å². The fraction of sp³-hybridized carbons (Fsp3) is 0.263. The van der Waals surface area contributed by atoms with Gasteiger partial charge in [-0.25, -0.2) is 13.6 Å². The van der Waals surface area contributed by atoms with Gasteiger partial charge in [0.25, 0.3) is 0 Å². The van der Waals surface area contributed by atoms with Gasteiger partial charge in [0, 0.05) is 25.7 Å². The molecule has 2 aromatic rings. The Hall–Kier alpha value is -2.43. The normalized spacial score (nSPS) is 10.7. The molecule has 0 heterocycles. The van der Waals surface area contributed by atoms with Crippen LogP contribution < -0.4 is 15.4 Å². The molecule has 9 heteroatoms. The van der Waals surface area contributed by atoms with Crippen molar-refractivity contribution in [3.05, 3.63) is 64.7 Å². The van der Waals surface area contributed by atoms with Gasteiger partial charge in [0.2, 0.25) is 0 Å². The van der Waals surface area contributed by atoms with E-state index in [1.54, 1.807) is 25.2 Å². The first kappa shape index (κ1) is 23.6. The zero-order valence-electron chi connectivity index (χ0n) is 15.7. The molecule has 2 N–H and O–H groups in total. The third-order valence-electron chi connectivity index (χ3n) is 3.81. The highest BCUT2D eigenvalue weighted by Gasteiger charge is 2.13. The van der Waals surface area contributed by atoms with Gasteiger partial charge in [-0.2, -0.15) is 0 Å². The van der Waals surface area contributed by atoms with Crippen LogP contribution in [-0.2, 0) is 17.8 Å². The van der Waals surface area contributed by atoms with Crippen molar-refractivity contribution >= 4 is 35.9 Å². The van der Waals surface area contributed by atoms with Crippen LogP contribution in [0.3, 0.4) is 0 Å². The summed E-state index contributed by atoms with van der Waals surface area (Å²) in [4.78, 5) is 15.9. The van der Waals surface area contributed by atoms with Gasteiger partial charge in [-0.1, -0.05) is 6.07 Å². The lowest BCUT2D eigenvalue weighted by molar-refractivity contribution is 0.0597. The minimum atomic E-state index is -0.510. The average molecular weight is 505 g/mol. The van der Waals surface area contributed by atoms with E-state index in [2.05, 4.69) is 15.6 Å². The van der Waals surface area contributed by atoms with Crippen LogP contribution in [0.25, 0.3) is 0 Å². The molecule has 0 fully saturated rings. The Bertz CT molecular complexity index is 847. The molecule has 0 bridgehead atoms. The largest absolute Gasteiger partial charge is 0.496 e. The average Bonchev–Trinajstić information content (AvgIpc) is 2.69. The van der Waals surface area contributed by atoms with Crippen LogP contribution in [-0.4, -0.2) is 33.2 Å². The minimum Gasteiger partial charge on any atom is -0.496 e. The number of esters is 1. The molecule has 0 unspecified atom stereocenters. The predicted molar refractivity (Wildman–Crippen MR) is 113 cm³/mol. The van der Waals surface area contributed by atoms with Gasteiger partial charge in [-0.3, -0.25) is 4.99 Å². The Morgan fingerprint density at radius 2 is 1.79 bits per heavy atom. The highest BCUT2D eigenvalue weighted by molar-refractivity contribution is 14.0. The number of methoxy groups -OCH3 is 2. The van der Waals surface area contributed by atoms with Crippen molar-refractivity contribution in [2.75, 3.05) is 21.3 Å². The smallest absolute Gasteiger partial charge is 0.341 e. The molecule has 0 aliphatic heterocycles. The molecular weight excluding hydrogens is 483 g/mol. The number of halogens is 3. The van der Waals surface area contributed by atoms with Crippen molar-refractivity contribution in [3.63, 3.8) is 0 Å². The molecule has 28 heavy (non-hydrogen) atoms. The van der Waals surface area contributed by atoms with E-state index in [-0.39, 0.29) is 36.1 Å². The Balaban J connectivity index is 0.00000392. The lowest BCUT2D eigenvalue weighted by atomic mass is 10.1. The molecule has 0 aliphatic carbocycles. The third kappa shape index (κ3) is 6.32. The summed E-state index contributed by atoms with van der Waals surface area (Å²) in [6, 6.07) is 8.38. The summed E-state index contributed by atoms with van der Waals surface area (Å²) in [6.45, 7) is 0.415. The molecule has 0 saturated heterocycles. The Morgan fingerprint density at radius 3 is 2.43 bits per heavy atom. The number of rotatable bonds is 6. The lowest BCUT2D eigenvalue weighted by Crippen LogP contribution is -2.36. The molecule has 0 aliphatic rings. The lowest BCUT2D eigenvalue weighted by Gasteiger charge is -2.14. The van der Waals surface area contributed by atoms with Crippen molar-refractivity contribution < 1.29 is 23.0 Å². The topological polar surface area (TPSA) is 72.0 Å². The second-order valence-corrected chi connectivity index (χ2v) is 5.54. The highest BCUT2D eigenvalue weighted by Crippen LogP contribution is 2.20. The van der Waals surface area contributed by atoms with Crippen molar-refractivity contribution in [1.82, 2.24) is 10.6 Å². The van der Waals surface area contributed by atoms with E-state index in [0.717, 1.165) is 23.8 Å². The van der Waals surface area contributed by atoms with E-state index in [4.69, 9.17) is 9.47 Å². The van der Waals surface area contributed by atoms with Crippen molar-refractivity contribution in [2.24, 2.45) is 4.99 Å². The number of hydrogen-bond acceptors (Lipinski definition) is 4. The van der Waals surface area contributed by atoms with Gasteiger partial charge in [0.1, 0.15) is 22.9 Å². The summed E-state index contributed by atoms with van der Waals surface area (Å²) in [5, 5.41) is 5.95. The number of carbonyl (C=O) groups excluding carboxylic acids is 1. The molecule has 0 atom stereocenters. The zero-order chi connectivity index (χ0) is 19.8. The van der Waals surface area contributed by atoms with E-state index in [1.807, 2.05) is 0 Å². The van der Waals surface area contributed by atoms with E-state index >= 15 is 0 Å². The molecule has 152 valence electrons. The third-order valence-corrected chi connectivity index (χ3v) is 3.81. The van der Waals surface area contributed by atoms with Gasteiger partial charge in [-0.05, 0) is 35.9 Å². The number of nitrogens with zero attached hydrogens (tertiary/aromatic N) is 1. The number of hydrogen-bond donors (Lipinski definition) is 2. The van der Waals surface area contributed by atoms with Gasteiger partial charge in [0.05, 0.1) is 14.2 Å². The summed E-state index contributed by atoms with van der Waals surface area (Å²) < 4.78 is 36.8. The van der Waals surface area contributed by atoms with Crippen molar-refractivity contribution in [3.8, 4) is 5.75 Å². The number of guanidine groups is 1. The van der Waals surface area contributed by atoms with E-state index in [1.165, 1.54) is 14.2 Å². The van der Waals surface area contributed by atoms with Gasteiger partial charge in [-0.15, -0.1) is 24.0 Å². The second-order valence-electron chi connectivity index (χ2n) is 5.54. The van der Waals surface area contributed by atoms with E-state index < -0.39 is 17.6 Å². The SMILES string of the molecule is CN=C(NCc1ccc(OC)c(C(=O)OC)c1)NCc1cc(F)ccc1F.I. The van der Waals surface area contributed by atoms with Crippen LogP contribution >= 0.6 is 24.0 Å². The maximum atomic E-state index is 13.7. The molecule has 0 amide bonds. The summed E-state index contributed by atoms with van der Waals surface area (Å²) >= 11 is 0. The highest BCUT2D eigenvalue weighted by atomic mass is 127. The number of ether oxygens (including phenoxy) is 2. The fourth-order valence-corrected chi connectivity index (χ4v) is 2.40. The summed E-state index contributed by atoms with van der Waals surface area (Å²) in [5.41, 5.74) is 1.29. The molecule has 0 saturated carbocycles. The quantitative estimate of drug-likeness (QED) is 0.273. The van der Waals surface area contributed by atoms with Crippen molar-refractivity contribution in [1.29, 1.82) is 0 Å². The number of benzene rings is 2. The molecule has 0 spiro atoms. The first-order valence-electron chi connectivity index (χ1n) is 8.12. The Labute approximate surface area is 179 Å². The Morgan fingerprint density at radius 1 is 1.07 bits per heavy atom. The van der Waals surface area contributed by atoms with Crippen LogP contribution in [0.2, 0.25) is 0 Å². The monoisotopic (exact) mass is 505 g/mol. The van der Waals surface area contributed by atoms with Crippen LogP contribution in [0.4, 0.5) is 8.78 Å². The molecule has 0 aromatic heterocycles. The van der Waals surface area contributed by atoms with E-state index in [9.17, 15) is 13.6 Å². The van der Waals surface area contributed by atoms with E-state index in [0.29, 0.717) is 23.8 Å². The van der Waals surface area contributed by atoms with Crippen LogP contribution in [0, 0.1) is 11.6 Å². The molecule has 0 radical (unpaired) electrons. The summed E-state index contributed by atoms with van der Waals surface area (Å²) in [6.07, 6.45) is 0. The number of carbonyl (C=O) groups is 1. The van der Waals surface area contributed by atoms with Gasteiger partial charge >= 0.3 is 5.97 Å². The maximum absolute atomic E-state index is 13.7. The number of nitrogens with one attached hydrogen (secondary N) is 2. The second kappa shape index (κ2) is 11.4. The molecule has 6 nitrogen and oxygen atoms in total. The zero-order valence-corrected chi connectivity index (χ0v) is 18.0. The maximum Gasteiger partial charge on any atom is 0.341 e. The predicted octanol–water partition coefficient (Wildman–Crippen LogP) is 3.24.